The highest BCUT2D eigenvalue weighted by Crippen LogP contribution is 2.25. The zero-order valence-corrected chi connectivity index (χ0v) is 13.4. The first kappa shape index (κ1) is 17.2. The van der Waals surface area contributed by atoms with E-state index >= 15 is 0 Å². The summed E-state index contributed by atoms with van der Waals surface area (Å²) in [6.45, 7) is 11.1. The van der Waals surface area contributed by atoms with Gasteiger partial charge in [0.15, 0.2) is 0 Å². The summed E-state index contributed by atoms with van der Waals surface area (Å²) in [5.41, 5.74) is 1.98. The van der Waals surface area contributed by atoms with Crippen molar-refractivity contribution in [1.29, 1.82) is 0 Å². The van der Waals surface area contributed by atoms with Crippen LogP contribution in [0, 0.1) is 10.1 Å². The van der Waals surface area contributed by atoms with Gasteiger partial charge >= 0.3 is 0 Å². The molecule has 0 fully saturated rings. The SMILES string of the molecule is CC(C)=CCOc1ccc([N+](=O)[O-])cc1CNC(C)(C)C. The molecular formula is C16H24N2O3. The Kier molecular flexibility index (Phi) is 5.90. The summed E-state index contributed by atoms with van der Waals surface area (Å²) in [4.78, 5) is 10.5. The maximum atomic E-state index is 10.9. The van der Waals surface area contributed by atoms with Gasteiger partial charge in [0.1, 0.15) is 12.4 Å². The summed E-state index contributed by atoms with van der Waals surface area (Å²) < 4.78 is 5.71. The molecule has 0 unspecified atom stereocenters. The summed E-state index contributed by atoms with van der Waals surface area (Å²) in [7, 11) is 0. The number of ether oxygens (including phenoxy) is 1. The Morgan fingerprint density at radius 2 is 2.05 bits per heavy atom. The molecule has 5 heteroatoms. The average molecular weight is 292 g/mol. The molecule has 0 atom stereocenters. The third-order valence-electron chi connectivity index (χ3n) is 2.79. The van der Waals surface area contributed by atoms with Crippen molar-refractivity contribution in [2.75, 3.05) is 6.61 Å². The molecule has 0 saturated heterocycles. The van der Waals surface area contributed by atoms with E-state index in [0.717, 1.165) is 5.56 Å². The topological polar surface area (TPSA) is 64.4 Å². The van der Waals surface area contributed by atoms with Crippen LogP contribution >= 0.6 is 0 Å². The van der Waals surface area contributed by atoms with E-state index in [1.165, 1.54) is 11.6 Å². The van der Waals surface area contributed by atoms with Gasteiger partial charge in [0.05, 0.1) is 4.92 Å². The quantitative estimate of drug-likeness (QED) is 0.491. The van der Waals surface area contributed by atoms with Crippen LogP contribution in [0.1, 0.15) is 40.2 Å². The monoisotopic (exact) mass is 292 g/mol. The predicted octanol–water partition coefficient (Wildman–Crippen LogP) is 3.83. The maximum Gasteiger partial charge on any atom is 0.270 e. The van der Waals surface area contributed by atoms with Crippen LogP contribution < -0.4 is 10.1 Å². The first-order valence-electron chi connectivity index (χ1n) is 6.97. The van der Waals surface area contributed by atoms with Gasteiger partial charge in [0, 0.05) is 29.8 Å². The minimum Gasteiger partial charge on any atom is -0.489 e. The highest BCUT2D eigenvalue weighted by Gasteiger charge is 2.14. The van der Waals surface area contributed by atoms with Gasteiger partial charge in [-0.25, -0.2) is 0 Å². The summed E-state index contributed by atoms with van der Waals surface area (Å²) in [6.07, 6.45) is 1.97. The highest BCUT2D eigenvalue weighted by atomic mass is 16.6. The fourth-order valence-corrected chi connectivity index (χ4v) is 1.62. The van der Waals surface area contributed by atoms with Gasteiger partial charge in [-0.1, -0.05) is 5.57 Å². The summed E-state index contributed by atoms with van der Waals surface area (Å²) >= 11 is 0. The molecule has 1 aromatic rings. The van der Waals surface area contributed by atoms with Gasteiger partial charge in [-0.3, -0.25) is 10.1 Å². The first-order chi connectivity index (χ1) is 9.69. The van der Waals surface area contributed by atoms with Gasteiger partial charge < -0.3 is 10.1 Å². The van der Waals surface area contributed by atoms with Gasteiger partial charge in [0.25, 0.3) is 5.69 Å². The number of nitrogens with one attached hydrogen (secondary N) is 1. The van der Waals surface area contributed by atoms with Crippen molar-refractivity contribution in [3.05, 3.63) is 45.5 Å². The molecule has 0 bridgehead atoms. The van der Waals surface area contributed by atoms with E-state index in [9.17, 15) is 10.1 Å². The van der Waals surface area contributed by atoms with Crippen LogP contribution in [-0.4, -0.2) is 17.1 Å². The third-order valence-corrected chi connectivity index (χ3v) is 2.79. The molecule has 0 aromatic heterocycles. The molecule has 21 heavy (non-hydrogen) atoms. The number of allylic oxidation sites excluding steroid dienone is 1. The van der Waals surface area contributed by atoms with Gasteiger partial charge in [-0.05, 0) is 46.8 Å². The first-order valence-corrected chi connectivity index (χ1v) is 6.97. The number of rotatable bonds is 6. The molecule has 0 saturated carbocycles. The van der Waals surface area contributed by atoms with E-state index in [4.69, 9.17) is 4.74 Å². The Labute approximate surface area is 126 Å². The highest BCUT2D eigenvalue weighted by molar-refractivity contribution is 5.44. The lowest BCUT2D eigenvalue weighted by atomic mass is 10.1. The Bertz CT molecular complexity index is 527. The van der Waals surface area contributed by atoms with Crippen molar-refractivity contribution < 1.29 is 9.66 Å². The van der Waals surface area contributed by atoms with Crippen LogP contribution in [0.5, 0.6) is 5.75 Å². The molecule has 1 rings (SSSR count). The van der Waals surface area contributed by atoms with Crippen LogP contribution in [0.4, 0.5) is 5.69 Å². The zero-order chi connectivity index (χ0) is 16.0. The van der Waals surface area contributed by atoms with E-state index in [-0.39, 0.29) is 16.1 Å². The third kappa shape index (κ3) is 6.40. The molecule has 116 valence electrons. The molecule has 0 aliphatic carbocycles. The minimum atomic E-state index is -0.388. The molecule has 0 spiro atoms. The lowest BCUT2D eigenvalue weighted by Gasteiger charge is -2.21. The van der Waals surface area contributed by atoms with Gasteiger partial charge in [-0.15, -0.1) is 0 Å². The standard InChI is InChI=1S/C16H24N2O3/c1-12(2)8-9-21-15-7-6-14(18(19)20)10-13(15)11-17-16(3,4)5/h6-8,10,17H,9,11H2,1-5H3. The Hall–Kier alpha value is -1.88. The Morgan fingerprint density at radius 1 is 1.38 bits per heavy atom. The lowest BCUT2D eigenvalue weighted by Crippen LogP contribution is -2.35. The van der Waals surface area contributed by atoms with Crippen molar-refractivity contribution in [2.24, 2.45) is 0 Å². The number of nitrogens with zero attached hydrogens (tertiary/aromatic N) is 1. The van der Waals surface area contributed by atoms with Crippen LogP contribution in [0.25, 0.3) is 0 Å². The normalized spacial score (nSPS) is 11.1. The molecule has 0 radical (unpaired) electrons. The maximum absolute atomic E-state index is 10.9. The number of non-ortho nitro benzene ring substituents is 1. The molecule has 0 aliphatic rings. The smallest absolute Gasteiger partial charge is 0.270 e. The summed E-state index contributed by atoms with van der Waals surface area (Å²) in [6, 6.07) is 4.70. The predicted molar refractivity (Wildman–Crippen MR) is 84.6 cm³/mol. The molecule has 1 aromatic carbocycles. The van der Waals surface area contributed by atoms with Crippen LogP contribution in [-0.2, 0) is 6.54 Å². The van der Waals surface area contributed by atoms with Crippen LogP contribution in [0.3, 0.4) is 0 Å². The fourth-order valence-electron chi connectivity index (χ4n) is 1.62. The van der Waals surface area contributed by atoms with Crippen molar-refractivity contribution in [2.45, 2.75) is 46.7 Å². The van der Waals surface area contributed by atoms with Crippen molar-refractivity contribution in [3.8, 4) is 5.75 Å². The average Bonchev–Trinajstić information content (AvgIpc) is 2.35. The van der Waals surface area contributed by atoms with E-state index in [1.807, 2.05) is 40.7 Å². The molecule has 5 nitrogen and oxygen atoms in total. The molecular weight excluding hydrogens is 268 g/mol. The van der Waals surface area contributed by atoms with Crippen molar-refractivity contribution >= 4 is 5.69 Å². The van der Waals surface area contributed by atoms with E-state index in [1.54, 1.807) is 12.1 Å². The number of benzene rings is 1. The number of nitro benzene ring substituents is 1. The van der Waals surface area contributed by atoms with E-state index in [2.05, 4.69) is 5.32 Å². The fraction of sp³-hybridized carbons (Fsp3) is 0.500. The van der Waals surface area contributed by atoms with E-state index < -0.39 is 0 Å². The number of hydrogen-bond acceptors (Lipinski definition) is 4. The van der Waals surface area contributed by atoms with Crippen LogP contribution in [0.15, 0.2) is 29.8 Å². The van der Waals surface area contributed by atoms with Crippen molar-refractivity contribution in [3.63, 3.8) is 0 Å². The lowest BCUT2D eigenvalue weighted by molar-refractivity contribution is -0.384. The minimum absolute atomic E-state index is 0.0677. The second-order valence-electron chi connectivity index (χ2n) is 6.25. The number of nitro groups is 1. The molecule has 1 N–H and O–H groups in total. The van der Waals surface area contributed by atoms with Gasteiger partial charge in [0.2, 0.25) is 0 Å². The van der Waals surface area contributed by atoms with Gasteiger partial charge in [-0.2, -0.15) is 0 Å². The van der Waals surface area contributed by atoms with Crippen molar-refractivity contribution in [1.82, 2.24) is 5.32 Å². The van der Waals surface area contributed by atoms with Crippen LogP contribution in [0.2, 0.25) is 0 Å². The molecule has 0 amide bonds. The number of hydrogen-bond donors (Lipinski definition) is 1. The Morgan fingerprint density at radius 3 is 2.57 bits per heavy atom. The largest absolute Gasteiger partial charge is 0.489 e. The molecule has 0 aliphatic heterocycles. The summed E-state index contributed by atoms with van der Waals surface area (Å²) in [5.74, 6) is 0.676. The summed E-state index contributed by atoms with van der Waals surface area (Å²) in [5, 5.41) is 14.2. The zero-order valence-electron chi connectivity index (χ0n) is 13.4. The molecule has 0 heterocycles. The second-order valence-corrected chi connectivity index (χ2v) is 6.25. The Balaban J connectivity index is 2.94. The van der Waals surface area contributed by atoms with E-state index in [0.29, 0.717) is 18.9 Å². The second kappa shape index (κ2) is 7.22.